The summed E-state index contributed by atoms with van der Waals surface area (Å²) in [4.78, 5) is 12.0. The van der Waals surface area contributed by atoms with Gasteiger partial charge in [0.25, 0.3) is 5.91 Å². The summed E-state index contributed by atoms with van der Waals surface area (Å²) in [5.74, 6) is 0.275. The summed E-state index contributed by atoms with van der Waals surface area (Å²) in [5, 5.41) is 7.27. The lowest BCUT2D eigenvalue weighted by atomic mass is 10.1. The van der Waals surface area contributed by atoms with Gasteiger partial charge in [0.05, 0.1) is 4.47 Å². The average Bonchev–Trinajstić information content (AvgIpc) is 2.82. The van der Waals surface area contributed by atoms with Crippen molar-refractivity contribution in [3.63, 3.8) is 0 Å². The molecule has 1 amide bonds. The van der Waals surface area contributed by atoms with Crippen molar-refractivity contribution in [2.24, 2.45) is 0 Å². The molecule has 2 rings (SSSR count). The van der Waals surface area contributed by atoms with Gasteiger partial charge in [-0.2, -0.15) is 0 Å². The molecule has 6 heteroatoms. The highest BCUT2D eigenvalue weighted by Crippen LogP contribution is 2.31. The first kappa shape index (κ1) is 15.1. The zero-order valence-electron chi connectivity index (χ0n) is 11.0. The third-order valence-electron chi connectivity index (χ3n) is 2.77. The van der Waals surface area contributed by atoms with Crippen molar-refractivity contribution in [2.45, 2.75) is 19.8 Å². The number of carbonyl (C=O) groups excluding carboxylic acids is 1. The molecule has 0 spiro atoms. The Morgan fingerprint density at radius 2 is 2.10 bits per heavy atom. The Kier molecular flexibility index (Phi) is 5.20. The quantitative estimate of drug-likeness (QED) is 0.812. The fourth-order valence-corrected chi connectivity index (χ4v) is 2.34. The van der Waals surface area contributed by atoms with Crippen LogP contribution in [0, 0.1) is 0 Å². The summed E-state index contributed by atoms with van der Waals surface area (Å²) >= 11 is 9.21. The molecule has 1 N–H and O–H groups in total. The molecule has 1 heterocycles. The Labute approximate surface area is 130 Å². The van der Waals surface area contributed by atoms with Crippen LogP contribution in [0.2, 0.25) is 5.02 Å². The number of aromatic nitrogens is 1. The van der Waals surface area contributed by atoms with Crippen LogP contribution in [-0.4, -0.2) is 17.6 Å². The number of hydrogen-bond acceptors (Lipinski definition) is 3. The van der Waals surface area contributed by atoms with Gasteiger partial charge in [-0.25, -0.2) is 0 Å². The molecule has 0 fully saturated rings. The van der Waals surface area contributed by atoms with Crippen LogP contribution in [0.5, 0.6) is 0 Å². The topological polar surface area (TPSA) is 55.1 Å². The molecular weight excluding hydrogens is 344 g/mol. The number of rotatable bonds is 5. The van der Waals surface area contributed by atoms with Crippen LogP contribution in [0.4, 0.5) is 0 Å². The van der Waals surface area contributed by atoms with E-state index in [1.807, 2.05) is 12.1 Å². The van der Waals surface area contributed by atoms with E-state index >= 15 is 0 Å². The second-order valence-electron chi connectivity index (χ2n) is 4.29. The largest absolute Gasteiger partial charge is 0.354 e. The molecule has 0 atom stereocenters. The predicted octanol–water partition coefficient (Wildman–Crippen LogP) is 4.29. The monoisotopic (exact) mass is 356 g/mol. The lowest BCUT2D eigenvalue weighted by molar-refractivity contribution is 0.0943. The van der Waals surface area contributed by atoms with Crippen LogP contribution >= 0.6 is 27.5 Å². The second kappa shape index (κ2) is 6.90. The smallest absolute Gasteiger partial charge is 0.274 e. The lowest BCUT2D eigenvalue weighted by Gasteiger charge is -2.01. The van der Waals surface area contributed by atoms with Crippen LogP contribution in [0.15, 0.2) is 33.3 Å². The van der Waals surface area contributed by atoms with Gasteiger partial charge in [0, 0.05) is 17.1 Å². The van der Waals surface area contributed by atoms with E-state index in [0.717, 1.165) is 18.4 Å². The molecule has 0 saturated heterocycles. The van der Waals surface area contributed by atoms with E-state index in [9.17, 15) is 4.79 Å². The summed E-state index contributed by atoms with van der Waals surface area (Å²) in [5.41, 5.74) is 1.06. The molecule has 20 heavy (non-hydrogen) atoms. The van der Waals surface area contributed by atoms with Gasteiger partial charge in [0.1, 0.15) is 0 Å². The van der Waals surface area contributed by atoms with Gasteiger partial charge in [0.15, 0.2) is 11.5 Å². The summed E-state index contributed by atoms with van der Waals surface area (Å²) in [6, 6.07) is 7.14. The van der Waals surface area contributed by atoms with E-state index < -0.39 is 0 Å². The molecule has 0 bridgehead atoms. The van der Waals surface area contributed by atoms with Gasteiger partial charge in [-0.3, -0.25) is 4.79 Å². The van der Waals surface area contributed by atoms with Crippen molar-refractivity contribution in [3.05, 3.63) is 39.5 Å². The first-order valence-corrected chi connectivity index (χ1v) is 7.50. The standard InChI is InChI=1S/C14H14BrClN2O2/c1-2-3-8-17-14(19)12-11(15)13(20-18-12)9-4-6-10(16)7-5-9/h4-7H,2-3,8H2,1H3,(H,17,19). The number of benzene rings is 1. The lowest BCUT2D eigenvalue weighted by Crippen LogP contribution is -2.24. The van der Waals surface area contributed by atoms with E-state index in [1.54, 1.807) is 12.1 Å². The Balaban J connectivity index is 2.18. The minimum absolute atomic E-state index is 0.241. The van der Waals surface area contributed by atoms with Gasteiger partial charge in [-0.05, 0) is 46.6 Å². The summed E-state index contributed by atoms with van der Waals surface area (Å²) < 4.78 is 5.80. The predicted molar refractivity (Wildman–Crippen MR) is 81.9 cm³/mol. The van der Waals surface area contributed by atoms with Crippen LogP contribution < -0.4 is 5.32 Å². The maximum absolute atomic E-state index is 12.0. The summed E-state index contributed by atoms with van der Waals surface area (Å²) in [6.07, 6.45) is 1.96. The number of unbranched alkanes of at least 4 members (excludes halogenated alkanes) is 1. The Hall–Kier alpha value is -1.33. The van der Waals surface area contributed by atoms with Crippen molar-refractivity contribution in [3.8, 4) is 11.3 Å². The van der Waals surface area contributed by atoms with Crippen molar-refractivity contribution < 1.29 is 9.32 Å². The van der Waals surface area contributed by atoms with Crippen molar-refractivity contribution >= 4 is 33.4 Å². The fourth-order valence-electron chi connectivity index (χ4n) is 1.66. The molecule has 4 nitrogen and oxygen atoms in total. The molecule has 0 aliphatic heterocycles. The molecule has 106 valence electrons. The minimum Gasteiger partial charge on any atom is -0.354 e. The number of nitrogens with zero attached hydrogens (tertiary/aromatic N) is 1. The van der Waals surface area contributed by atoms with E-state index in [2.05, 4.69) is 33.3 Å². The van der Waals surface area contributed by atoms with Gasteiger partial charge < -0.3 is 9.84 Å². The number of hydrogen-bond donors (Lipinski definition) is 1. The molecule has 0 saturated carbocycles. The maximum atomic E-state index is 12.0. The maximum Gasteiger partial charge on any atom is 0.274 e. The third kappa shape index (κ3) is 3.41. The molecule has 0 aliphatic rings. The van der Waals surface area contributed by atoms with Crippen LogP contribution in [0.25, 0.3) is 11.3 Å². The first-order valence-electron chi connectivity index (χ1n) is 6.32. The van der Waals surface area contributed by atoms with Crippen LogP contribution in [-0.2, 0) is 0 Å². The van der Waals surface area contributed by atoms with Crippen LogP contribution in [0.3, 0.4) is 0 Å². The van der Waals surface area contributed by atoms with Crippen molar-refractivity contribution in [2.75, 3.05) is 6.54 Å². The Bertz CT molecular complexity index is 596. The molecule has 1 aromatic carbocycles. The number of nitrogens with one attached hydrogen (secondary N) is 1. The van der Waals surface area contributed by atoms with E-state index in [4.69, 9.17) is 16.1 Å². The number of amides is 1. The average molecular weight is 358 g/mol. The van der Waals surface area contributed by atoms with Gasteiger partial charge in [-0.15, -0.1) is 0 Å². The number of halogens is 2. The van der Waals surface area contributed by atoms with Crippen molar-refractivity contribution in [1.29, 1.82) is 0 Å². The highest BCUT2D eigenvalue weighted by Gasteiger charge is 2.20. The molecular formula is C14H14BrClN2O2. The van der Waals surface area contributed by atoms with E-state index in [0.29, 0.717) is 21.8 Å². The Morgan fingerprint density at radius 3 is 2.75 bits per heavy atom. The normalized spacial score (nSPS) is 10.6. The summed E-state index contributed by atoms with van der Waals surface area (Å²) in [6.45, 7) is 2.70. The molecule has 0 unspecified atom stereocenters. The van der Waals surface area contributed by atoms with Gasteiger partial charge in [-0.1, -0.05) is 30.1 Å². The Morgan fingerprint density at radius 1 is 1.40 bits per heavy atom. The van der Waals surface area contributed by atoms with Gasteiger partial charge in [0.2, 0.25) is 0 Å². The first-order chi connectivity index (χ1) is 9.63. The highest BCUT2D eigenvalue weighted by atomic mass is 79.9. The molecule has 1 aromatic heterocycles. The highest BCUT2D eigenvalue weighted by molar-refractivity contribution is 9.10. The fraction of sp³-hybridized carbons (Fsp3) is 0.286. The molecule has 0 aliphatic carbocycles. The zero-order valence-corrected chi connectivity index (χ0v) is 13.3. The summed E-state index contributed by atoms with van der Waals surface area (Å²) in [7, 11) is 0. The van der Waals surface area contributed by atoms with E-state index in [1.165, 1.54) is 0 Å². The molecule has 2 aromatic rings. The number of carbonyl (C=O) groups is 1. The zero-order chi connectivity index (χ0) is 14.5. The van der Waals surface area contributed by atoms with Gasteiger partial charge >= 0.3 is 0 Å². The van der Waals surface area contributed by atoms with Crippen molar-refractivity contribution in [1.82, 2.24) is 10.5 Å². The van der Waals surface area contributed by atoms with Crippen LogP contribution in [0.1, 0.15) is 30.3 Å². The SMILES string of the molecule is CCCCNC(=O)c1noc(-c2ccc(Cl)cc2)c1Br. The van der Waals surface area contributed by atoms with E-state index in [-0.39, 0.29) is 11.6 Å². The molecule has 0 radical (unpaired) electrons. The third-order valence-corrected chi connectivity index (χ3v) is 3.76. The second-order valence-corrected chi connectivity index (χ2v) is 5.52. The minimum atomic E-state index is -0.241.